The summed E-state index contributed by atoms with van der Waals surface area (Å²) in [4.78, 5) is 9.66. The molecule has 0 N–H and O–H groups in total. The second-order valence-corrected chi connectivity index (χ2v) is 10.4. The van der Waals surface area contributed by atoms with Gasteiger partial charge in [-0.2, -0.15) is 31.6 Å². The van der Waals surface area contributed by atoms with E-state index >= 15 is 0 Å². The van der Waals surface area contributed by atoms with Crippen LogP contribution in [0.5, 0.6) is 0 Å². The number of carbonyl (C=O) groups is 1. The Morgan fingerprint density at radius 2 is 1.55 bits per heavy atom. The Kier molecular flexibility index (Phi) is 9.49. The standard InChI is InChI=1S/C7H11BrF3NOSi.C3H2BrF3O/c1-14(2,3)13-6(4-8,5-12)7(9,10)11;4-1-2(8)3(5,6)7/h4H2,1-3H3;1H2. The molecule has 0 heterocycles. The molecule has 130 valence electrons. The van der Waals surface area contributed by atoms with Crippen molar-refractivity contribution in [2.24, 2.45) is 0 Å². The fourth-order valence-electron chi connectivity index (χ4n) is 0.875. The zero-order valence-electron chi connectivity index (χ0n) is 11.7. The molecule has 1 unspecified atom stereocenters. The number of nitrogens with zero attached hydrogens (tertiary/aromatic N) is 1. The fourth-order valence-corrected chi connectivity index (χ4v) is 3.24. The number of alkyl halides is 8. The Balaban J connectivity index is 0. The highest BCUT2D eigenvalue weighted by atomic mass is 79.9. The zero-order chi connectivity index (χ0) is 18.4. The predicted octanol–water partition coefficient (Wildman–Crippen LogP) is 4.57. The Bertz CT molecular complexity index is 416. The van der Waals surface area contributed by atoms with Gasteiger partial charge in [0.1, 0.15) is 6.07 Å². The third kappa shape index (κ3) is 8.49. The first-order valence-corrected chi connectivity index (χ1v) is 11.1. The number of carbonyl (C=O) groups excluding carboxylic acids is 1. The van der Waals surface area contributed by atoms with Crippen LogP contribution >= 0.6 is 31.9 Å². The maximum atomic E-state index is 12.6. The molecule has 0 aliphatic rings. The second-order valence-electron chi connectivity index (χ2n) is 4.84. The van der Waals surface area contributed by atoms with Crippen molar-refractivity contribution < 1.29 is 35.6 Å². The average Bonchev–Trinajstić information content (AvgIpc) is 2.31. The van der Waals surface area contributed by atoms with Crippen molar-refractivity contribution in [3.05, 3.63) is 0 Å². The van der Waals surface area contributed by atoms with Gasteiger partial charge in [-0.1, -0.05) is 31.9 Å². The summed E-state index contributed by atoms with van der Waals surface area (Å²) in [5.74, 6) is -1.75. The number of halogens is 8. The summed E-state index contributed by atoms with van der Waals surface area (Å²) in [5, 5.41) is 7.35. The Morgan fingerprint density at radius 1 is 1.14 bits per heavy atom. The van der Waals surface area contributed by atoms with Gasteiger partial charge in [0.15, 0.2) is 8.32 Å². The molecule has 0 radical (unpaired) electrons. The summed E-state index contributed by atoms with van der Waals surface area (Å²) in [6, 6.07) is 1.20. The van der Waals surface area contributed by atoms with Gasteiger partial charge >= 0.3 is 12.4 Å². The van der Waals surface area contributed by atoms with Gasteiger partial charge in [0.2, 0.25) is 5.78 Å². The highest BCUT2D eigenvalue weighted by molar-refractivity contribution is 9.09. The lowest BCUT2D eigenvalue weighted by Crippen LogP contribution is -2.53. The molecule has 0 saturated carbocycles. The van der Waals surface area contributed by atoms with Gasteiger partial charge in [-0.05, 0) is 19.6 Å². The Hall–Kier alpha value is -0.123. The first-order valence-electron chi connectivity index (χ1n) is 5.46. The van der Waals surface area contributed by atoms with E-state index < -0.39 is 42.7 Å². The van der Waals surface area contributed by atoms with E-state index in [1.165, 1.54) is 6.07 Å². The first-order chi connectivity index (χ1) is 9.56. The van der Waals surface area contributed by atoms with E-state index in [0.29, 0.717) is 0 Å². The van der Waals surface area contributed by atoms with E-state index in [-0.39, 0.29) is 0 Å². The summed E-state index contributed by atoms with van der Waals surface area (Å²) in [6.45, 7) is 4.81. The van der Waals surface area contributed by atoms with Gasteiger partial charge in [-0.15, -0.1) is 0 Å². The van der Waals surface area contributed by atoms with E-state index in [4.69, 9.17) is 9.69 Å². The van der Waals surface area contributed by atoms with Gasteiger partial charge in [0, 0.05) is 0 Å². The Labute approximate surface area is 141 Å². The first kappa shape index (κ1) is 24.1. The van der Waals surface area contributed by atoms with Crippen LogP contribution in [0.2, 0.25) is 19.6 Å². The molecule has 3 nitrogen and oxygen atoms in total. The number of rotatable bonds is 4. The predicted molar refractivity (Wildman–Crippen MR) is 77.5 cm³/mol. The molecule has 0 spiro atoms. The van der Waals surface area contributed by atoms with Crippen LogP contribution in [-0.2, 0) is 9.22 Å². The van der Waals surface area contributed by atoms with Crippen LogP contribution in [0, 0.1) is 11.3 Å². The Morgan fingerprint density at radius 3 is 1.59 bits per heavy atom. The quantitative estimate of drug-likeness (QED) is 0.336. The van der Waals surface area contributed by atoms with Crippen LogP contribution in [0.1, 0.15) is 0 Å². The monoisotopic (exact) mass is 479 g/mol. The van der Waals surface area contributed by atoms with E-state index in [9.17, 15) is 31.1 Å². The molecule has 1 atom stereocenters. The third-order valence-electron chi connectivity index (χ3n) is 1.74. The number of hydrogen-bond donors (Lipinski definition) is 0. The van der Waals surface area contributed by atoms with Crippen molar-refractivity contribution in [3.63, 3.8) is 0 Å². The zero-order valence-corrected chi connectivity index (χ0v) is 15.9. The molecule has 0 aromatic rings. The van der Waals surface area contributed by atoms with Gasteiger partial charge in [0.05, 0.1) is 10.7 Å². The summed E-state index contributed by atoms with van der Waals surface area (Å²) >= 11 is 5.06. The smallest absolute Gasteiger partial charge is 0.393 e. The molecule has 0 aromatic heterocycles. The second kappa shape index (κ2) is 8.65. The average molecular weight is 481 g/mol. The molecule has 0 aliphatic heterocycles. The summed E-state index contributed by atoms with van der Waals surface area (Å²) in [7, 11) is -2.42. The number of Topliss-reactive ketones (excluding diaryl/α,β-unsaturated/α-hetero) is 1. The van der Waals surface area contributed by atoms with Gasteiger partial charge in [-0.25, -0.2) is 0 Å². The number of hydrogen-bond acceptors (Lipinski definition) is 3. The van der Waals surface area contributed by atoms with Crippen molar-refractivity contribution in [3.8, 4) is 6.07 Å². The van der Waals surface area contributed by atoms with E-state index in [0.717, 1.165) is 0 Å². The van der Waals surface area contributed by atoms with Crippen molar-refractivity contribution in [1.29, 1.82) is 5.26 Å². The minimum absolute atomic E-state index is 0.565. The highest BCUT2D eigenvalue weighted by Crippen LogP contribution is 2.36. The molecule has 0 bridgehead atoms. The molecule has 0 aliphatic carbocycles. The third-order valence-corrected chi connectivity index (χ3v) is 4.00. The van der Waals surface area contributed by atoms with E-state index in [1.54, 1.807) is 19.6 Å². The van der Waals surface area contributed by atoms with Crippen LogP contribution in [0.4, 0.5) is 26.3 Å². The van der Waals surface area contributed by atoms with Crippen molar-refractivity contribution in [2.45, 2.75) is 37.6 Å². The lowest BCUT2D eigenvalue weighted by atomic mass is 10.1. The molecule has 0 fully saturated rings. The van der Waals surface area contributed by atoms with Crippen LogP contribution < -0.4 is 0 Å². The van der Waals surface area contributed by atoms with Crippen LogP contribution in [-0.4, -0.2) is 42.7 Å². The molecule has 12 heteroatoms. The fraction of sp³-hybridized carbons (Fsp3) is 0.800. The molecule has 0 amide bonds. The lowest BCUT2D eigenvalue weighted by Gasteiger charge is -2.33. The van der Waals surface area contributed by atoms with E-state index in [2.05, 4.69) is 31.9 Å². The minimum Gasteiger partial charge on any atom is -0.393 e. The minimum atomic E-state index is -4.68. The highest BCUT2D eigenvalue weighted by Gasteiger charge is 2.58. The molecule has 0 rings (SSSR count). The SMILES string of the molecule is C[Si](C)(C)OC(C#N)(CBr)C(F)(F)F.O=C(CBr)C(F)(F)F. The molecular weight excluding hydrogens is 468 g/mol. The van der Waals surface area contributed by atoms with Crippen LogP contribution in [0.15, 0.2) is 0 Å². The van der Waals surface area contributed by atoms with Crippen molar-refractivity contribution >= 4 is 46.0 Å². The lowest BCUT2D eigenvalue weighted by molar-refractivity contribution is -0.219. The van der Waals surface area contributed by atoms with Crippen LogP contribution in [0.3, 0.4) is 0 Å². The van der Waals surface area contributed by atoms with Gasteiger partial charge < -0.3 is 4.43 Å². The van der Waals surface area contributed by atoms with Crippen molar-refractivity contribution in [1.82, 2.24) is 0 Å². The molecule has 0 aromatic carbocycles. The molecular formula is C10H13Br2F6NO2Si. The van der Waals surface area contributed by atoms with E-state index in [1.807, 2.05) is 0 Å². The molecule has 22 heavy (non-hydrogen) atoms. The maximum Gasteiger partial charge on any atom is 0.450 e. The van der Waals surface area contributed by atoms with Crippen molar-refractivity contribution in [2.75, 3.05) is 10.7 Å². The number of ketones is 1. The normalized spacial score (nSPS) is 15.2. The maximum absolute atomic E-state index is 12.6. The van der Waals surface area contributed by atoms with Gasteiger partial charge in [0.25, 0.3) is 5.60 Å². The summed E-state index contributed by atoms with van der Waals surface area (Å²) in [6.07, 6.45) is -9.35. The van der Waals surface area contributed by atoms with Gasteiger partial charge in [-0.3, -0.25) is 4.79 Å². The topological polar surface area (TPSA) is 50.1 Å². The number of nitriles is 1. The summed E-state index contributed by atoms with van der Waals surface area (Å²) < 4.78 is 75.8. The van der Waals surface area contributed by atoms with Crippen LogP contribution in [0.25, 0.3) is 0 Å². The molecule has 0 saturated heterocycles. The largest absolute Gasteiger partial charge is 0.450 e. The summed E-state index contributed by atoms with van der Waals surface area (Å²) in [5.41, 5.74) is -2.71.